The normalized spacial score (nSPS) is 11.3. The number of halogens is 1. The van der Waals surface area contributed by atoms with Crippen molar-refractivity contribution in [3.63, 3.8) is 0 Å². The van der Waals surface area contributed by atoms with Gasteiger partial charge in [0, 0.05) is 40.4 Å². The minimum atomic E-state index is -0.526. The van der Waals surface area contributed by atoms with E-state index in [-0.39, 0.29) is 11.5 Å². The van der Waals surface area contributed by atoms with Gasteiger partial charge >= 0.3 is 0 Å². The number of hydrogen-bond acceptors (Lipinski definition) is 3. The number of nitrogens with one attached hydrogen (secondary N) is 1. The Kier molecular flexibility index (Phi) is 4.37. The summed E-state index contributed by atoms with van der Waals surface area (Å²) in [6.07, 6.45) is 1.57. The molecule has 1 aromatic carbocycles. The topological polar surface area (TPSA) is 64.0 Å². The van der Waals surface area contributed by atoms with Crippen LogP contribution in [0.5, 0.6) is 0 Å². The molecule has 1 N–H and O–H groups in total. The second-order valence-corrected chi connectivity index (χ2v) is 6.54. The van der Waals surface area contributed by atoms with E-state index >= 15 is 0 Å². The Hall–Kier alpha value is -2.14. The average molecular weight is 320 g/mol. The van der Waals surface area contributed by atoms with Crippen LogP contribution in [0.4, 0.5) is 5.69 Å². The molecule has 116 valence electrons. The highest BCUT2D eigenvalue weighted by Gasteiger charge is 2.22. The predicted octanol–water partition coefficient (Wildman–Crippen LogP) is 3.09. The molecule has 22 heavy (non-hydrogen) atoms. The molecule has 2 aromatic rings. The third kappa shape index (κ3) is 3.54. The number of aromatic nitrogens is 2. The number of carbonyl (C=O) groups is 1. The van der Waals surface area contributed by atoms with Crippen LogP contribution in [0.1, 0.15) is 20.8 Å². The summed E-state index contributed by atoms with van der Waals surface area (Å²) in [6, 6.07) is 6.58. The molecule has 0 atom stereocenters. The molecule has 0 aliphatic heterocycles. The van der Waals surface area contributed by atoms with Gasteiger partial charge in [0.05, 0.1) is 6.20 Å². The molecule has 1 amide bonds. The van der Waals surface area contributed by atoms with Crippen molar-refractivity contribution in [1.29, 1.82) is 0 Å². The lowest BCUT2D eigenvalue weighted by atomic mass is 9.95. The molecule has 5 nitrogen and oxygen atoms in total. The molecule has 0 unspecified atom stereocenters. The standard InChI is InChI=1S/C16H18ClN3O2/c1-16(2,3)15(22)19-13-6-5-11(17)8-12(13)10-7-14(21)20(4)18-9-10/h5-9H,1-4H3,(H,19,22). The minimum absolute atomic E-state index is 0.118. The number of carbonyl (C=O) groups excluding carboxylic acids is 1. The Morgan fingerprint density at radius 1 is 1.27 bits per heavy atom. The number of rotatable bonds is 2. The maximum atomic E-state index is 12.2. The molecule has 0 spiro atoms. The molecule has 0 bridgehead atoms. The Labute approximate surface area is 133 Å². The molecule has 6 heteroatoms. The van der Waals surface area contributed by atoms with Gasteiger partial charge in [0.2, 0.25) is 5.91 Å². The highest BCUT2D eigenvalue weighted by Crippen LogP contribution is 2.31. The minimum Gasteiger partial charge on any atom is -0.325 e. The van der Waals surface area contributed by atoms with Crippen LogP contribution in [0.2, 0.25) is 5.02 Å². The molecular formula is C16H18ClN3O2. The monoisotopic (exact) mass is 319 g/mol. The SMILES string of the molecule is Cn1ncc(-c2cc(Cl)ccc2NC(=O)C(C)(C)C)cc1=O. The zero-order valence-electron chi connectivity index (χ0n) is 13.0. The molecule has 2 rings (SSSR count). The summed E-state index contributed by atoms with van der Waals surface area (Å²) in [5, 5.41) is 7.40. The first kappa shape index (κ1) is 16.2. The van der Waals surface area contributed by atoms with Crippen molar-refractivity contribution in [3.05, 3.63) is 45.8 Å². The Bertz CT molecular complexity index is 776. The maximum Gasteiger partial charge on any atom is 0.267 e. The summed E-state index contributed by atoms with van der Waals surface area (Å²) >= 11 is 6.05. The van der Waals surface area contributed by atoms with Gasteiger partial charge in [0.25, 0.3) is 5.56 Å². The maximum absolute atomic E-state index is 12.2. The van der Waals surface area contributed by atoms with E-state index in [9.17, 15) is 9.59 Å². The number of anilines is 1. The van der Waals surface area contributed by atoms with Gasteiger partial charge < -0.3 is 5.32 Å². The Morgan fingerprint density at radius 2 is 1.95 bits per heavy atom. The fourth-order valence-corrected chi connectivity index (χ4v) is 1.96. The Morgan fingerprint density at radius 3 is 2.55 bits per heavy atom. The van der Waals surface area contributed by atoms with Crippen LogP contribution >= 0.6 is 11.6 Å². The van der Waals surface area contributed by atoms with Crippen molar-refractivity contribution in [2.75, 3.05) is 5.32 Å². The highest BCUT2D eigenvalue weighted by atomic mass is 35.5. The lowest BCUT2D eigenvalue weighted by Gasteiger charge is -2.19. The summed E-state index contributed by atoms with van der Waals surface area (Å²) in [7, 11) is 1.58. The third-order valence-electron chi connectivity index (χ3n) is 3.19. The fraction of sp³-hybridized carbons (Fsp3) is 0.312. The second-order valence-electron chi connectivity index (χ2n) is 6.10. The predicted molar refractivity (Wildman–Crippen MR) is 88.0 cm³/mol. The van der Waals surface area contributed by atoms with Gasteiger partial charge in [-0.1, -0.05) is 32.4 Å². The lowest BCUT2D eigenvalue weighted by molar-refractivity contribution is -0.123. The van der Waals surface area contributed by atoms with E-state index in [1.54, 1.807) is 31.4 Å². The molecule has 1 aromatic heterocycles. The van der Waals surface area contributed by atoms with Crippen LogP contribution in [0.3, 0.4) is 0 Å². The molecule has 0 radical (unpaired) electrons. The largest absolute Gasteiger partial charge is 0.325 e. The number of amides is 1. The van der Waals surface area contributed by atoms with Crippen LogP contribution in [0, 0.1) is 5.41 Å². The molecule has 0 saturated heterocycles. The van der Waals surface area contributed by atoms with Gasteiger partial charge in [-0.25, -0.2) is 4.68 Å². The van der Waals surface area contributed by atoms with Gasteiger partial charge in [-0.3, -0.25) is 9.59 Å². The van der Waals surface area contributed by atoms with Crippen molar-refractivity contribution in [3.8, 4) is 11.1 Å². The Balaban J connectivity index is 2.50. The highest BCUT2D eigenvalue weighted by molar-refractivity contribution is 6.31. The van der Waals surface area contributed by atoms with Crippen LogP contribution in [-0.4, -0.2) is 15.7 Å². The number of hydrogen-bond donors (Lipinski definition) is 1. The van der Waals surface area contributed by atoms with Crippen LogP contribution < -0.4 is 10.9 Å². The van der Waals surface area contributed by atoms with Crippen LogP contribution in [0.25, 0.3) is 11.1 Å². The van der Waals surface area contributed by atoms with E-state index in [4.69, 9.17) is 11.6 Å². The first-order valence-electron chi connectivity index (χ1n) is 6.83. The fourth-order valence-electron chi connectivity index (χ4n) is 1.79. The van der Waals surface area contributed by atoms with Crippen molar-refractivity contribution >= 4 is 23.2 Å². The van der Waals surface area contributed by atoms with E-state index < -0.39 is 5.41 Å². The van der Waals surface area contributed by atoms with Crippen LogP contribution in [-0.2, 0) is 11.8 Å². The molecule has 0 aliphatic rings. The van der Waals surface area contributed by atoms with E-state index in [0.717, 1.165) is 0 Å². The van der Waals surface area contributed by atoms with Gasteiger partial charge in [-0.15, -0.1) is 0 Å². The lowest BCUT2D eigenvalue weighted by Crippen LogP contribution is -2.27. The van der Waals surface area contributed by atoms with E-state index in [1.807, 2.05) is 20.8 Å². The molecule has 0 saturated carbocycles. The van der Waals surface area contributed by atoms with E-state index in [1.165, 1.54) is 10.7 Å². The van der Waals surface area contributed by atoms with E-state index in [0.29, 0.717) is 21.8 Å². The second kappa shape index (κ2) is 5.93. The van der Waals surface area contributed by atoms with Crippen molar-refractivity contribution in [1.82, 2.24) is 9.78 Å². The quantitative estimate of drug-likeness (QED) is 0.925. The van der Waals surface area contributed by atoms with Gasteiger partial charge in [-0.2, -0.15) is 5.10 Å². The zero-order valence-corrected chi connectivity index (χ0v) is 13.7. The van der Waals surface area contributed by atoms with E-state index in [2.05, 4.69) is 10.4 Å². The van der Waals surface area contributed by atoms with Crippen molar-refractivity contribution in [2.45, 2.75) is 20.8 Å². The molecule has 1 heterocycles. The molecular weight excluding hydrogens is 302 g/mol. The number of nitrogens with zero attached hydrogens (tertiary/aromatic N) is 2. The van der Waals surface area contributed by atoms with Crippen LogP contribution in [0.15, 0.2) is 35.3 Å². The summed E-state index contributed by atoms with van der Waals surface area (Å²) in [6.45, 7) is 5.49. The van der Waals surface area contributed by atoms with Gasteiger partial charge in [-0.05, 0) is 18.2 Å². The summed E-state index contributed by atoms with van der Waals surface area (Å²) < 4.78 is 1.24. The number of benzene rings is 1. The summed E-state index contributed by atoms with van der Waals surface area (Å²) in [4.78, 5) is 24.0. The zero-order chi connectivity index (χ0) is 16.5. The average Bonchev–Trinajstić information content (AvgIpc) is 2.42. The van der Waals surface area contributed by atoms with Gasteiger partial charge in [0.15, 0.2) is 0 Å². The summed E-state index contributed by atoms with van der Waals surface area (Å²) in [5.41, 5.74) is 1.11. The first-order chi connectivity index (χ1) is 10.2. The van der Waals surface area contributed by atoms with Crippen molar-refractivity contribution in [2.24, 2.45) is 12.5 Å². The molecule has 0 aliphatic carbocycles. The third-order valence-corrected chi connectivity index (χ3v) is 3.43. The van der Waals surface area contributed by atoms with Gasteiger partial charge in [0.1, 0.15) is 0 Å². The number of aryl methyl sites for hydroxylation is 1. The molecule has 0 fully saturated rings. The summed E-state index contributed by atoms with van der Waals surface area (Å²) in [5.74, 6) is -0.118. The smallest absolute Gasteiger partial charge is 0.267 e. The first-order valence-corrected chi connectivity index (χ1v) is 7.21. The van der Waals surface area contributed by atoms with Crippen molar-refractivity contribution < 1.29 is 4.79 Å².